The number of nitrogens with two attached hydrogens (primary N) is 4. The van der Waals surface area contributed by atoms with Gasteiger partial charge in [0.05, 0.1) is 12.1 Å². The van der Waals surface area contributed by atoms with Crippen molar-refractivity contribution in [1.29, 1.82) is 0 Å². The highest BCUT2D eigenvalue weighted by molar-refractivity contribution is 5.94. The Hall–Kier alpha value is -3.46. The van der Waals surface area contributed by atoms with Gasteiger partial charge in [0.2, 0.25) is 23.6 Å². The SMILES string of the molecule is CC(O)C(NC(=O)C(CCCN=C(N)N)NC(=O)C(N)CCC(N)=O)C(=O)N1CCCC1C(=O)O. The number of nitrogens with one attached hydrogen (secondary N) is 2. The molecular formula is C20H36N8O7. The first-order chi connectivity index (χ1) is 16.3. The van der Waals surface area contributed by atoms with Crippen LogP contribution in [0.2, 0.25) is 0 Å². The van der Waals surface area contributed by atoms with Crippen LogP contribution in [0.25, 0.3) is 0 Å². The molecule has 0 radical (unpaired) electrons. The fraction of sp³-hybridized carbons (Fsp3) is 0.700. The number of amides is 4. The Morgan fingerprint density at radius 1 is 1.09 bits per heavy atom. The second-order valence-corrected chi connectivity index (χ2v) is 8.38. The molecule has 0 aromatic heterocycles. The van der Waals surface area contributed by atoms with Gasteiger partial charge in [-0.05, 0) is 39.0 Å². The molecule has 0 aromatic rings. The molecule has 0 aliphatic carbocycles. The zero-order chi connectivity index (χ0) is 26.7. The van der Waals surface area contributed by atoms with E-state index in [4.69, 9.17) is 22.9 Å². The maximum atomic E-state index is 13.0. The van der Waals surface area contributed by atoms with Crippen molar-refractivity contribution >= 4 is 35.6 Å². The van der Waals surface area contributed by atoms with Gasteiger partial charge in [-0.3, -0.25) is 24.2 Å². The summed E-state index contributed by atoms with van der Waals surface area (Å²) < 4.78 is 0. The second-order valence-electron chi connectivity index (χ2n) is 8.38. The number of carbonyl (C=O) groups is 5. The monoisotopic (exact) mass is 500 g/mol. The van der Waals surface area contributed by atoms with Gasteiger partial charge in [0.1, 0.15) is 18.1 Å². The molecule has 1 heterocycles. The summed E-state index contributed by atoms with van der Waals surface area (Å²) in [6.45, 7) is 1.60. The standard InChI is InChI=1S/C20H36N8O7/c1-10(29)15(18(33)28-9-3-5-13(28)19(34)35)27-17(32)12(4-2-8-25-20(23)24)26-16(31)11(21)6-7-14(22)30/h10-13,15,29H,2-9,21H2,1H3,(H2,22,30)(H,26,31)(H,27,32)(H,34,35)(H4,23,24,25). The lowest BCUT2D eigenvalue weighted by Gasteiger charge is -2.30. The Bertz CT molecular complexity index is 815. The molecule has 35 heavy (non-hydrogen) atoms. The van der Waals surface area contributed by atoms with Crippen LogP contribution < -0.4 is 33.6 Å². The first-order valence-electron chi connectivity index (χ1n) is 11.3. The zero-order valence-corrected chi connectivity index (χ0v) is 19.7. The molecule has 198 valence electrons. The fourth-order valence-electron chi connectivity index (χ4n) is 3.59. The van der Waals surface area contributed by atoms with Crippen LogP contribution >= 0.6 is 0 Å². The number of guanidine groups is 1. The summed E-state index contributed by atoms with van der Waals surface area (Å²) in [4.78, 5) is 65.8. The topological polar surface area (TPSA) is 270 Å². The van der Waals surface area contributed by atoms with E-state index < -0.39 is 59.9 Å². The third-order valence-corrected chi connectivity index (χ3v) is 5.48. The molecule has 0 saturated carbocycles. The number of hydrogen-bond donors (Lipinski definition) is 8. The van der Waals surface area contributed by atoms with Crippen LogP contribution in [-0.2, 0) is 24.0 Å². The minimum atomic E-state index is -1.44. The van der Waals surface area contributed by atoms with Crippen LogP contribution in [0.4, 0.5) is 0 Å². The van der Waals surface area contributed by atoms with Crippen LogP contribution in [0.5, 0.6) is 0 Å². The van der Waals surface area contributed by atoms with Gasteiger partial charge < -0.3 is 48.7 Å². The summed E-state index contributed by atoms with van der Waals surface area (Å²) in [5.41, 5.74) is 21.4. The first-order valence-corrected chi connectivity index (χ1v) is 11.3. The van der Waals surface area contributed by atoms with E-state index in [1.807, 2.05) is 0 Å². The molecule has 5 unspecified atom stereocenters. The zero-order valence-electron chi connectivity index (χ0n) is 19.7. The molecule has 15 nitrogen and oxygen atoms in total. The van der Waals surface area contributed by atoms with Crippen molar-refractivity contribution in [3.05, 3.63) is 0 Å². The number of nitrogens with zero attached hydrogens (tertiary/aromatic N) is 2. The molecule has 1 aliphatic rings. The summed E-state index contributed by atoms with van der Waals surface area (Å²) in [6.07, 6.45) is -0.465. The number of hydrogen-bond acceptors (Lipinski definition) is 8. The third-order valence-electron chi connectivity index (χ3n) is 5.48. The molecule has 4 amide bonds. The lowest BCUT2D eigenvalue weighted by atomic mass is 10.1. The Labute approximate surface area is 202 Å². The largest absolute Gasteiger partial charge is 0.480 e. The van der Waals surface area contributed by atoms with Crippen molar-refractivity contribution in [2.24, 2.45) is 27.9 Å². The van der Waals surface area contributed by atoms with Gasteiger partial charge in [0.15, 0.2) is 5.96 Å². The van der Waals surface area contributed by atoms with Crippen molar-refractivity contribution in [2.75, 3.05) is 13.1 Å². The number of aliphatic hydroxyl groups excluding tert-OH is 1. The number of aliphatic imine (C=N–C) groups is 1. The Kier molecular flexibility index (Phi) is 11.9. The molecule has 1 fully saturated rings. The highest BCUT2D eigenvalue weighted by Crippen LogP contribution is 2.19. The van der Waals surface area contributed by atoms with Gasteiger partial charge in [0.25, 0.3) is 0 Å². The van der Waals surface area contributed by atoms with E-state index in [-0.39, 0.29) is 51.2 Å². The van der Waals surface area contributed by atoms with E-state index in [1.54, 1.807) is 0 Å². The number of carbonyl (C=O) groups excluding carboxylic acids is 4. The quantitative estimate of drug-likeness (QED) is 0.0651. The highest BCUT2D eigenvalue weighted by Gasteiger charge is 2.40. The summed E-state index contributed by atoms with van der Waals surface area (Å²) in [7, 11) is 0. The van der Waals surface area contributed by atoms with Crippen molar-refractivity contribution in [3.8, 4) is 0 Å². The molecule has 0 spiro atoms. The van der Waals surface area contributed by atoms with Crippen molar-refractivity contribution in [1.82, 2.24) is 15.5 Å². The van der Waals surface area contributed by atoms with Crippen LogP contribution in [0.1, 0.15) is 45.4 Å². The number of aliphatic hydroxyl groups is 1. The van der Waals surface area contributed by atoms with Gasteiger partial charge in [-0.25, -0.2) is 4.79 Å². The minimum absolute atomic E-state index is 0.0379. The number of carboxylic acid groups (broad SMARTS) is 1. The van der Waals surface area contributed by atoms with E-state index in [0.717, 1.165) is 4.90 Å². The van der Waals surface area contributed by atoms with Crippen LogP contribution in [0.15, 0.2) is 4.99 Å². The second kappa shape index (κ2) is 14.1. The van der Waals surface area contributed by atoms with Gasteiger partial charge in [0, 0.05) is 19.5 Å². The van der Waals surface area contributed by atoms with E-state index in [0.29, 0.717) is 6.42 Å². The van der Waals surface area contributed by atoms with E-state index in [1.165, 1.54) is 6.92 Å². The van der Waals surface area contributed by atoms with Crippen LogP contribution in [-0.4, -0.2) is 94.0 Å². The lowest BCUT2D eigenvalue weighted by Crippen LogP contribution is -2.59. The molecule has 1 aliphatic heterocycles. The highest BCUT2D eigenvalue weighted by atomic mass is 16.4. The average molecular weight is 501 g/mol. The first kappa shape index (κ1) is 29.6. The van der Waals surface area contributed by atoms with Gasteiger partial charge in [-0.2, -0.15) is 0 Å². The van der Waals surface area contributed by atoms with Crippen molar-refractivity contribution in [3.63, 3.8) is 0 Å². The predicted octanol–water partition coefficient (Wildman–Crippen LogP) is -3.94. The number of aliphatic carboxylic acids is 1. The van der Waals surface area contributed by atoms with Crippen LogP contribution in [0.3, 0.4) is 0 Å². The van der Waals surface area contributed by atoms with E-state index in [2.05, 4.69) is 15.6 Å². The van der Waals surface area contributed by atoms with Gasteiger partial charge in [-0.15, -0.1) is 0 Å². The molecule has 15 heteroatoms. The predicted molar refractivity (Wildman–Crippen MR) is 124 cm³/mol. The van der Waals surface area contributed by atoms with Gasteiger partial charge in [-0.1, -0.05) is 0 Å². The van der Waals surface area contributed by atoms with E-state index >= 15 is 0 Å². The fourth-order valence-corrected chi connectivity index (χ4v) is 3.59. The Morgan fingerprint density at radius 3 is 2.29 bits per heavy atom. The van der Waals surface area contributed by atoms with Crippen LogP contribution in [0, 0.1) is 0 Å². The Morgan fingerprint density at radius 2 is 1.74 bits per heavy atom. The molecule has 12 N–H and O–H groups in total. The molecule has 1 rings (SSSR count). The normalized spacial score (nSPS) is 18.6. The molecule has 5 atom stereocenters. The third kappa shape index (κ3) is 9.74. The minimum Gasteiger partial charge on any atom is -0.480 e. The maximum Gasteiger partial charge on any atom is 0.326 e. The number of likely N-dealkylation sites (tertiary alicyclic amines) is 1. The summed E-state index contributed by atoms with van der Waals surface area (Å²) in [5, 5.41) is 24.4. The summed E-state index contributed by atoms with van der Waals surface area (Å²) >= 11 is 0. The molecule has 0 bridgehead atoms. The maximum absolute atomic E-state index is 13.0. The number of primary amides is 1. The lowest BCUT2D eigenvalue weighted by molar-refractivity contribution is -0.150. The number of carboxylic acids is 1. The molecule has 1 saturated heterocycles. The molecular weight excluding hydrogens is 464 g/mol. The van der Waals surface area contributed by atoms with Crippen molar-refractivity contribution in [2.45, 2.75) is 75.7 Å². The molecule has 0 aromatic carbocycles. The van der Waals surface area contributed by atoms with Crippen molar-refractivity contribution < 1.29 is 34.2 Å². The Balaban J connectivity index is 2.97. The van der Waals surface area contributed by atoms with E-state index in [9.17, 15) is 34.2 Å². The average Bonchev–Trinajstić information content (AvgIpc) is 3.27. The summed E-state index contributed by atoms with van der Waals surface area (Å²) in [6, 6.07) is -4.80. The smallest absolute Gasteiger partial charge is 0.326 e. The number of rotatable bonds is 14. The summed E-state index contributed by atoms with van der Waals surface area (Å²) in [5.74, 6) is -4.24. The van der Waals surface area contributed by atoms with Gasteiger partial charge >= 0.3 is 5.97 Å².